The lowest BCUT2D eigenvalue weighted by molar-refractivity contribution is -0.0212. The number of nitriles is 1. The Labute approximate surface area is 198 Å². The van der Waals surface area contributed by atoms with E-state index in [0.717, 1.165) is 18.3 Å². The summed E-state index contributed by atoms with van der Waals surface area (Å²) in [5.74, 6) is -1.58. The van der Waals surface area contributed by atoms with Crippen LogP contribution < -0.4 is 0 Å². The fraction of sp³-hybridized carbons (Fsp3) is 0.250. The van der Waals surface area contributed by atoms with E-state index in [1.54, 1.807) is 24.3 Å². The summed E-state index contributed by atoms with van der Waals surface area (Å²) in [4.78, 5) is 21.8. The van der Waals surface area contributed by atoms with Crippen molar-refractivity contribution < 1.29 is 23.1 Å². The van der Waals surface area contributed by atoms with E-state index < -0.39 is 35.1 Å². The van der Waals surface area contributed by atoms with E-state index in [-0.39, 0.29) is 42.8 Å². The van der Waals surface area contributed by atoms with E-state index in [0.29, 0.717) is 10.6 Å². The molecule has 1 amide bonds. The topological polar surface area (TPSA) is 90.1 Å². The van der Waals surface area contributed by atoms with Crippen LogP contribution in [0.25, 0.3) is 11.3 Å². The molecule has 0 bridgehead atoms. The van der Waals surface area contributed by atoms with Gasteiger partial charge in [0.05, 0.1) is 22.4 Å². The second kappa shape index (κ2) is 9.41. The van der Waals surface area contributed by atoms with Crippen molar-refractivity contribution in [3.8, 4) is 17.3 Å². The molecule has 0 atom stereocenters. The standard InChI is InChI=1S/C24H18ClF3N4O2/c25-17-3-1-16(2-4-17)24(34)6-9-32(10-7-24)23(33)18-11-15(13-29)20(31-21(18)22(27)28)14-5-8-30-19(26)12-14/h1-5,8,11-12,22,34H,6-7,9-10H2. The van der Waals surface area contributed by atoms with Gasteiger partial charge in [-0.15, -0.1) is 0 Å². The first-order valence-electron chi connectivity index (χ1n) is 10.3. The first kappa shape index (κ1) is 23.7. The Morgan fingerprint density at radius 3 is 2.44 bits per heavy atom. The van der Waals surface area contributed by atoms with Gasteiger partial charge in [0.15, 0.2) is 0 Å². The van der Waals surface area contributed by atoms with Gasteiger partial charge in [0.25, 0.3) is 12.3 Å². The van der Waals surface area contributed by atoms with E-state index >= 15 is 0 Å². The summed E-state index contributed by atoms with van der Waals surface area (Å²) in [5, 5.41) is 21.1. The van der Waals surface area contributed by atoms with Crippen LogP contribution in [0.3, 0.4) is 0 Å². The van der Waals surface area contributed by atoms with Crippen LogP contribution in [-0.4, -0.2) is 39.0 Å². The Hall–Kier alpha value is -3.48. The normalized spacial score (nSPS) is 15.3. The van der Waals surface area contributed by atoms with Crippen LogP contribution in [0.4, 0.5) is 13.2 Å². The van der Waals surface area contributed by atoms with E-state index in [9.17, 15) is 28.3 Å². The molecule has 10 heteroatoms. The highest BCUT2D eigenvalue weighted by Gasteiger charge is 2.37. The van der Waals surface area contributed by atoms with Gasteiger partial charge in [0, 0.05) is 35.9 Å². The second-order valence-corrected chi connectivity index (χ2v) is 8.36. The van der Waals surface area contributed by atoms with Crippen LogP contribution in [0.1, 0.15) is 46.4 Å². The summed E-state index contributed by atoms with van der Waals surface area (Å²) in [6.07, 6.45) is -1.59. The molecule has 1 aliphatic heterocycles. The number of carbonyl (C=O) groups excluding carboxylic acids is 1. The average molecular weight is 487 g/mol. The number of aromatic nitrogens is 2. The quantitative estimate of drug-likeness (QED) is 0.531. The SMILES string of the molecule is N#Cc1cc(C(=O)N2CCC(O)(c3ccc(Cl)cc3)CC2)c(C(F)F)nc1-c1ccnc(F)c1. The van der Waals surface area contributed by atoms with Gasteiger partial charge in [-0.05, 0) is 42.7 Å². The Kier molecular flexibility index (Phi) is 6.55. The molecule has 3 aromatic rings. The van der Waals surface area contributed by atoms with Gasteiger partial charge < -0.3 is 10.0 Å². The van der Waals surface area contributed by atoms with Crippen molar-refractivity contribution in [1.82, 2.24) is 14.9 Å². The molecule has 0 radical (unpaired) electrons. The summed E-state index contributed by atoms with van der Waals surface area (Å²) in [7, 11) is 0. The molecule has 6 nitrogen and oxygen atoms in total. The maximum Gasteiger partial charge on any atom is 0.281 e. The largest absolute Gasteiger partial charge is 0.385 e. The summed E-state index contributed by atoms with van der Waals surface area (Å²) < 4.78 is 41.3. The Morgan fingerprint density at radius 1 is 1.18 bits per heavy atom. The molecule has 1 fully saturated rings. The summed E-state index contributed by atoms with van der Waals surface area (Å²) in [6.45, 7) is 0.222. The number of amides is 1. The lowest BCUT2D eigenvalue weighted by atomic mass is 9.84. The maximum absolute atomic E-state index is 13.9. The average Bonchev–Trinajstić information content (AvgIpc) is 2.83. The maximum atomic E-state index is 13.9. The Balaban J connectivity index is 1.63. The molecule has 2 aromatic heterocycles. The first-order valence-corrected chi connectivity index (χ1v) is 10.7. The first-order chi connectivity index (χ1) is 16.2. The monoisotopic (exact) mass is 486 g/mol. The minimum Gasteiger partial charge on any atom is -0.385 e. The van der Waals surface area contributed by atoms with Gasteiger partial charge in [-0.2, -0.15) is 9.65 Å². The molecule has 174 valence electrons. The number of benzene rings is 1. The van der Waals surface area contributed by atoms with Gasteiger partial charge in [0.2, 0.25) is 5.95 Å². The number of alkyl halides is 2. The van der Waals surface area contributed by atoms with Crippen molar-refractivity contribution in [3.05, 3.63) is 82.0 Å². The molecule has 4 rings (SSSR count). The number of nitrogens with zero attached hydrogens (tertiary/aromatic N) is 4. The smallest absolute Gasteiger partial charge is 0.281 e. The van der Waals surface area contributed by atoms with Crippen LogP contribution in [0.15, 0.2) is 48.7 Å². The van der Waals surface area contributed by atoms with Crippen molar-refractivity contribution in [2.75, 3.05) is 13.1 Å². The number of carbonyl (C=O) groups is 1. The third kappa shape index (κ3) is 4.60. The van der Waals surface area contributed by atoms with Crippen LogP contribution in [0.5, 0.6) is 0 Å². The second-order valence-electron chi connectivity index (χ2n) is 7.93. The van der Waals surface area contributed by atoms with Crippen LogP contribution >= 0.6 is 11.6 Å². The zero-order valence-corrected chi connectivity index (χ0v) is 18.4. The molecule has 0 spiro atoms. The summed E-state index contributed by atoms with van der Waals surface area (Å²) in [6, 6.07) is 12.0. The van der Waals surface area contributed by atoms with Gasteiger partial charge >= 0.3 is 0 Å². The van der Waals surface area contributed by atoms with E-state index in [4.69, 9.17) is 11.6 Å². The lowest BCUT2D eigenvalue weighted by Gasteiger charge is -2.38. The lowest BCUT2D eigenvalue weighted by Crippen LogP contribution is -2.45. The Morgan fingerprint density at radius 2 is 1.85 bits per heavy atom. The number of hydrogen-bond donors (Lipinski definition) is 1. The van der Waals surface area contributed by atoms with Gasteiger partial charge in [-0.3, -0.25) is 4.79 Å². The minimum atomic E-state index is -3.10. The van der Waals surface area contributed by atoms with Crippen molar-refractivity contribution >= 4 is 17.5 Å². The molecule has 34 heavy (non-hydrogen) atoms. The number of rotatable bonds is 4. The number of halogens is 4. The third-order valence-electron chi connectivity index (χ3n) is 5.87. The fourth-order valence-electron chi connectivity index (χ4n) is 4.02. The molecule has 0 aliphatic carbocycles. The highest BCUT2D eigenvalue weighted by molar-refractivity contribution is 6.30. The molecule has 0 saturated carbocycles. The zero-order valence-electron chi connectivity index (χ0n) is 17.7. The molecule has 3 heterocycles. The predicted octanol–water partition coefficient (Wildman–Crippen LogP) is 4.87. The number of piperidine rings is 1. The minimum absolute atomic E-state index is 0.0935. The fourth-order valence-corrected chi connectivity index (χ4v) is 4.15. The molecule has 1 N–H and O–H groups in total. The summed E-state index contributed by atoms with van der Waals surface area (Å²) in [5.41, 5.74) is -1.94. The molecular weight excluding hydrogens is 469 g/mol. The molecule has 0 unspecified atom stereocenters. The van der Waals surface area contributed by atoms with Crippen LogP contribution in [-0.2, 0) is 5.60 Å². The zero-order chi connectivity index (χ0) is 24.5. The molecule has 1 aliphatic rings. The van der Waals surface area contributed by atoms with E-state index in [1.807, 2.05) is 6.07 Å². The predicted molar refractivity (Wildman–Crippen MR) is 118 cm³/mol. The number of pyridine rings is 2. The Bertz CT molecular complexity index is 1270. The van der Waals surface area contributed by atoms with Crippen molar-refractivity contribution in [2.24, 2.45) is 0 Å². The van der Waals surface area contributed by atoms with Crippen molar-refractivity contribution in [1.29, 1.82) is 5.26 Å². The summed E-state index contributed by atoms with van der Waals surface area (Å²) >= 11 is 5.91. The van der Waals surface area contributed by atoms with Gasteiger partial charge in [-0.1, -0.05) is 23.7 Å². The van der Waals surface area contributed by atoms with Crippen LogP contribution in [0.2, 0.25) is 5.02 Å². The van der Waals surface area contributed by atoms with Crippen molar-refractivity contribution in [3.63, 3.8) is 0 Å². The highest BCUT2D eigenvalue weighted by Crippen LogP contribution is 2.35. The van der Waals surface area contributed by atoms with Gasteiger partial charge in [-0.25, -0.2) is 18.7 Å². The van der Waals surface area contributed by atoms with E-state index in [2.05, 4.69) is 9.97 Å². The van der Waals surface area contributed by atoms with E-state index in [1.165, 1.54) is 11.0 Å². The molecule has 1 aromatic carbocycles. The third-order valence-corrected chi connectivity index (χ3v) is 6.12. The molecule has 1 saturated heterocycles. The molecular formula is C24H18ClF3N4O2. The number of hydrogen-bond acceptors (Lipinski definition) is 5. The number of aliphatic hydroxyl groups is 1. The van der Waals surface area contributed by atoms with Crippen LogP contribution in [0, 0.1) is 17.3 Å². The number of likely N-dealkylation sites (tertiary alicyclic amines) is 1. The highest BCUT2D eigenvalue weighted by atomic mass is 35.5. The van der Waals surface area contributed by atoms with Gasteiger partial charge in [0.1, 0.15) is 11.8 Å². The van der Waals surface area contributed by atoms with Crippen molar-refractivity contribution in [2.45, 2.75) is 24.9 Å².